The molecule has 1 aromatic carbocycles. The van der Waals surface area contributed by atoms with Crippen molar-refractivity contribution in [1.82, 2.24) is 9.44 Å². The van der Waals surface area contributed by atoms with Crippen LogP contribution >= 0.6 is 0 Å². The molecule has 0 heterocycles. The molecule has 5 nitrogen and oxygen atoms in total. The lowest BCUT2D eigenvalue weighted by Crippen LogP contribution is -2.41. The van der Waals surface area contributed by atoms with Crippen LogP contribution in [0, 0.1) is 11.8 Å². The molecule has 0 saturated heterocycles. The summed E-state index contributed by atoms with van der Waals surface area (Å²) in [5, 5.41) is 0. The second-order valence-corrected chi connectivity index (χ2v) is 6.23. The summed E-state index contributed by atoms with van der Waals surface area (Å²) in [6.45, 7) is 5.62. The molecule has 0 aliphatic carbocycles. The summed E-state index contributed by atoms with van der Waals surface area (Å²) in [4.78, 5) is 0. The second kappa shape index (κ2) is 7.41. The molecule has 110 valence electrons. The Morgan fingerprint density at radius 2 is 1.95 bits per heavy atom. The molecule has 1 aromatic rings. The van der Waals surface area contributed by atoms with E-state index < -0.39 is 10.2 Å². The van der Waals surface area contributed by atoms with Gasteiger partial charge in [0.05, 0.1) is 6.54 Å². The molecule has 0 fully saturated rings. The lowest BCUT2D eigenvalue weighted by Gasteiger charge is -2.16. The Morgan fingerprint density at radius 3 is 2.55 bits per heavy atom. The highest BCUT2D eigenvalue weighted by atomic mass is 32.2. The fourth-order valence-corrected chi connectivity index (χ4v) is 2.97. The SMILES string of the molecule is CC(C)NS(=O)(=O)NC(C)c1cccc(C#CCN)c1. The van der Waals surface area contributed by atoms with Gasteiger partial charge in [-0.3, -0.25) is 0 Å². The minimum Gasteiger partial charge on any atom is -0.320 e. The molecule has 1 rings (SSSR count). The number of hydrogen-bond acceptors (Lipinski definition) is 3. The third-order valence-corrected chi connectivity index (χ3v) is 3.89. The summed E-state index contributed by atoms with van der Waals surface area (Å²) in [6, 6.07) is 6.92. The molecule has 0 amide bonds. The van der Waals surface area contributed by atoms with Gasteiger partial charge in [0.15, 0.2) is 0 Å². The Bertz CT molecular complexity index is 600. The maximum absolute atomic E-state index is 11.8. The largest absolute Gasteiger partial charge is 0.320 e. The van der Waals surface area contributed by atoms with Crippen molar-refractivity contribution in [2.45, 2.75) is 32.9 Å². The third-order valence-electron chi connectivity index (χ3n) is 2.44. The van der Waals surface area contributed by atoms with Gasteiger partial charge in [0.25, 0.3) is 10.2 Å². The Kier molecular flexibility index (Phi) is 6.17. The van der Waals surface area contributed by atoms with E-state index in [9.17, 15) is 8.42 Å². The van der Waals surface area contributed by atoms with Gasteiger partial charge in [-0.05, 0) is 38.5 Å². The van der Waals surface area contributed by atoms with Crippen molar-refractivity contribution in [3.05, 3.63) is 35.4 Å². The van der Waals surface area contributed by atoms with Gasteiger partial charge in [0.2, 0.25) is 0 Å². The van der Waals surface area contributed by atoms with E-state index in [1.807, 2.05) is 24.3 Å². The lowest BCUT2D eigenvalue weighted by molar-refractivity contribution is 0.541. The maximum Gasteiger partial charge on any atom is 0.277 e. The van der Waals surface area contributed by atoms with E-state index >= 15 is 0 Å². The van der Waals surface area contributed by atoms with E-state index in [1.165, 1.54) is 0 Å². The van der Waals surface area contributed by atoms with Gasteiger partial charge >= 0.3 is 0 Å². The fraction of sp³-hybridized carbons (Fsp3) is 0.429. The van der Waals surface area contributed by atoms with Crippen molar-refractivity contribution < 1.29 is 8.42 Å². The highest BCUT2D eigenvalue weighted by molar-refractivity contribution is 7.87. The van der Waals surface area contributed by atoms with Crippen LogP contribution in [-0.2, 0) is 10.2 Å². The van der Waals surface area contributed by atoms with Crippen molar-refractivity contribution in [3.8, 4) is 11.8 Å². The predicted molar refractivity (Wildman–Crippen MR) is 81.1 cm³/mol. The van der Waals surface area contributed by atoms with Crippen LogP contribution in [0.15, 0.2) is 24.3 Å². The quantitative estimate of drug-likeness (QED) is 0.705. The molecule has 0 aliphatic rings. The van der Waals surface area contributed by atoms with Crippen molar-refractivity contribution in [3.63, 3.8) is 0 Å². The highest BCUT2D eigenvalue weighted by Crippen LogP contribution is 2.14. The molecule has 6 heteroatoms. The average Bonchev–Trinajstić information content (AvgIpc) is 2.34. The van der Waals surface area contributed by atoms with Crippen LogP contribution in [-0.4, -0.2) is 21.0 Å². The van der Waals surface area contributed by atoms with Crippen LogP contribution in [0.2, 0.25) is 0 Å². The topological polar surface area (TPSA) is 84.2 Å². The predicted octanol–water partition coefficient (Wildman–Crippen LogP) is 0.890. The van der Waals surface area contributed by atoms with E-state index in [0.29, 0.717) is 6.54 Å². The molecule has 4 N–H and O–H groups in total. The fourth-order valence-electron chi connectivity index (χ4n) is 1.68. The molecule has 0 aliphatic heterocycles. The van der Waals surface area contributed by atoms with Gasteiger partial charge < -0.3 is 5.73 Å². The Labute approximate surface area is 121 Å². The summed E-state index contributed by atoms with van der Waals surface area (Å²) >= 11 is 0. The van der Waals surface area contributed by atoms with E-state index in [0.717, 1.165) is 11.1 Å². The number of nitrogens with one attached hydrogen (secondary N) is 2. The molecule has 0 spiro atoms. The van der Waals surface area contributed by atoms with E-state index in [4.69, 9.17) is 5.73 Å². The average molecular weight is 295 g/mol. The number of nitrogens with two attached hydrogens (primary N) is 1. The molecular weight excluding hydrogens is 274 g/mol. The van der Waals surface area contributed by atoms with Gasteiger partial charge in [-0.1, -0.05) is 24.0 Å². The molecule has 0 aromatic heterocycles. The van der Waals surface area contributed by atoms with Gasteiger partial charge in [-0.2, -0.15) is 17.9 Å². The first-order valence-electron chi connectivity index (χ1n) is 6.42. The number of hydrogen-bond donors (Lipinski definition) is 3. The molecule has 1 atom stereocenters. The second-order valence-electron chi connectivity index (χ2n) is 4.75. The van der Waals surface area contributed by atoms with Crippen molar-refractivity contribution in [1.29, 1.82) is 0 Å². The standard InChI is InChI=1S/C14H21N3O2S/c1-11(2)16-20(18,19)17-12(3)14-8-4-6-13(10-14)7-5-9-15/h4,6,8,10-12,16-17H,9,15H2,1-3H3. The van der Waals surface area contributed by atoms with Crippen LogP contribution < -0.4 is 15.2 Å². The van der Waals surface area contributed by atoms with Crippen molar-refractivity contribution in [2.75, 3.05) is 6.54 Å². The van der Waals surface area contributed by atoms with Gasteiger partial charge in [0.1, 0.15) is 0 Å². The Morgan fingerprint density at radius 1 is 1.25 bits per heavy atom. The zero-order chi connectivity index (χ0) is 15.2. The summed E-state index contributed by atoms with van der Waals surface area (Å²) < 4.78 is 28.7. The van der Waals surface area contributed by atoms with Crippen LogP contribution in [0.4, 0.5) is 0 Å². The molecular formula is C14H21N3O2S. The Hall–Kier alpha value is -1.39. The van der Waals surface area contributed by atoms with Gasteiger partial charge in [0, 0.05) is 17.6 Å². The molecule has 0 saturated carbocycles. The first-order valence-corrected chi connectivity index (χ1v) is 7.91. The minimum absolute atomic E-state index is 0.151. The van der Waals surface area contributed by atoms with E-state index in [-0.39, 0.29) is 12.1 Å². The summed E-state index contributed by atoms with van der Waals surface area (Å²) in [5.74, 6) is 5.70. The maximum atomic E-state index is 11.8. The molecule has 0 radical (unpaired) electrons. The van der Waals surface area contributed by atoms with Gasteiger partial charge in [-0.15, -0.1) is 0 Å². The molecule has 1 unspecified atom stereocenters. The van der Waals surface area contributed by atoms with Crippen LogP contribution in [0.25, 0.3) is 0 Å². The molecule has 0 bridgehead atoms. The third kappa shape index (κ3) is 5.72. The van der Waals surface area contributed by atoms with E-state index in [2.05, 4.69) is 21.3 Å². The highest BCUT2D eigenvalue weighted by Gasteiger charge is 2.16. The van der Waals surface area contributed by atoms with E-state index in [1.54, 1.807) is 20.8 Å². The summed E-state index contributed by atoms with van der Waals surface area (Å²) in [7, 11) is -3.51. The number of benzene rings is 1. The zero-order valence-electron chi connectivity index (χ0n) is 12.0. The lowest BCUT2D eigenvalue weighted by atomic mass is 10.1. The summed E-state index contributed by atoms with van der Waals surface area (Å²) in [6.07, 6.45) is 0. The van der Waals surface area contributed by atoms with Crippen molar-refractivity contribution in [2.24, 2.45) is 5.73 Å². The Balaban J connectivity index is 2.85. The van der Waals surface area contributed by atoms with Crippen molar-refractivity contribution >= 4 is 10.2 Å². The normalized spacial score (nSPS) is 12.8. The van der Waals surface area contributed by atoms with Crippen LogP contribution in [0.1, 0.15) is 37.9 Å². The van der Waals surface area contributed by atoms with Gasteiger partial charge in [-0.25, -0.2) is 0 Å². The first-order chi connectivity index (χ1) is 9.34. The van der Waals surface area contributed by atoms with Crippen LogP contribution in [0.3, 0.4) is 0 Å². The summed E-state index contributed by atoms with van der Waals surface area (Å²) in [5.41, 5.74) is 7.00. The zero-order valence-corrected chi connectivity index (χ0v) is 12.8. The number of rotatable bonds is 5. The smallest absolute Gasteiger partial charge is 0.277 e. The minimum atomic E-state index is -3.51. The monoisotopic (exact) mass is 295 g/mol. The molecule has 20 heavy (non-hydrogen) atoms. The first kappa shape index (κ1) is 16.7. The van der Waals surface area contributed by atoms with Crippen LogP contribution in [0.5, 0.6) is 0 Å².